The van der Waals surface area contributed by atoms with Gasteiger partial charge in [0.25, 0.3) is 0 Å². The number of carbonyl (C=O) groups is 2. The van der Waals surface area contributed by atoms with Crippen LogP contribution in [0.3, 0.4) is 0 Å². The zero-order valence-electron chi connectivity index (χ0n) is 20.5. The lowest BCUT2D eigenvalue weighted by Crippen LogP contribution is -2.52. The molecular formula is C27H31F3N4O3. The molecule has 10 heteroatoms. The fourth-order valence-electron chi connectivity index (χ4n) is 5.64. The van der Waals surface area contributed by atoms with Crippen LogP contribution < -0.4 is 5.32 Å². The number of aryl methyl sites for hydroxylation is 2. The fraction of sp³-hybridized carbons (Fsp3) is 0.519. The van der Waals surface area contributed by atoms with E-state index in [0.717, 1.165) is 55.9 Å². The van der Waals surface area contributed by atoms with Crippen molar-refractivity contribution in [3.8, 4) is 0 Å². The first-order chi connectivity index (χ1) is 17.7. The Morgan fingerprint density at radius 2 is 1.86 bits per heavy atom. The summed E-state index contributed by atoms with van der Waals surface area (Å²) in [6.45, 7) is 3.03. The summed E-state index contributed by atoms with van der Waals surface area (Å²) >= 11 is 0. The fourth-order valence-corrected chi connectivity index (χ4v) is 5.64. The Hall–Kier alpha value is -3.14. The third-order valence-corrected chi connectivity index (χ3v) is 7.75. The number of carboxylic acids is 1. The number of halogens is 3. The highest BCUT2D eigenvalue weighted by molar-refractivity contribution is 5.81. The second kappa shape index (κ2) is 10.3. The highest BCUT2D eigenvalue weighted by Gasteiger charge is 2.41. The molecule has 4 heterocycles. The standard InChI is InChI=1S/C27H31F3N4O3/c28-27(29,30)21-7-4-18(5-8-21)23(26(36)37)33-13-11-20(16-33)25(35)34-14-17(15-34)3-9-22-10-6-19-2-1-12-31-24(19)32-22/h4-8,10,17,20,23H,1-3,9,11-16H2,(H,31,32)(H,36,37)/t20-,23?/m1/s1. The van der Waals surface area contributed by atoms with Gasteiger partial charge < -0.3 is 15.3 Å². The highest BCUT2D eigenvalue weighted by Crippen LogP contribution is 2.34. The monoisotopic (exact) mass is 516 g/mol. The Labute approximate surface area is 213 Å². The molecule has 2 fully saturated rings. The summed E-state index contributed by atoms with van der Waals surface area (Å²) in [6, 6.07) is 7.40. The number of amides is 1. The first-order valence-electron chi connectivity index (χ1n) is 12.8. The summed E-state index contributed by atoms with van der Waals surface area (Å²) in [5, 5.41) is 13.2. The Morgan fingerprint density at radius 3 is 2.57 bits per heavy atom. The predicted molar refractivity (Wildman–Crippen MR) is 131 cm³/mol. The van der Waals surface area contributed by atoms with E-state index in [1.54, 1.807) is 4.90 Å². The van der Waals surface area contributed by atoms with Crippen LogP contribution in [-0.4, -0.2) is 64.5 Å². The van der Waals surface area contributed by atoms with Crippen molar-refractivity contribution < 1.29 is 27.9 Å². The molecule has 0 spiro atoms. The Bertz CT molecular complexity index is 1150. The van der Waals surface area contributed by atoms with Gasteiger partial charge in [-0.25, -0.2) is 4.98 Å². The molecule has 2 aromatic rings. The largest absolute Gasteiger partial charge is 0.480 e. The zero-order chi connectivity index (χ0) is 26.2. The normalized spacial score (nSPS) is 21.2. The molecule has 3 aliphatic heterocycles. The Morgan fingerprint density at radius 1 is 1.11 bits per heavy atom. The summed E-state index contributed by atoms with van der Waals surface area (Å²) in [5.74, 6) is 0.0157. The quantitative estimate of drug-likeness (QED) is 0.579. The first kappa shape index (κ1) is 25.5. The van der Waals surface area contributed by atoms with Crippen molar-refractivity contribution in [1.82, 2.24) is 14.8 Å². The van der Waals surface area contributed by atoms with Gasteiger partial charge in [0, 0.05) is 38.4 Å². The van der Waals surface area contributed by atoms with E-state index in [-0.39, 0.29) is 23.9 Å². The van der Waals surface area contributed by atoms with Gasteiger partial charge in [-0.1, -0.05) is 18.2 Å². The topological polar surface area (TPSA) is 85.8 Å². The van der Waals surface area contributed by atoms with E-state index in [9.17, 15) is 27.9 Å². The van der Waals surface area contributed by atoms with Crippen molar-refractivity contribution in [3.05, 3.63) is 58.8 Å². The number of fused-ring (bicyclic) bond motifs is 1. The third kappa shape index (κ3) is 5.58. The third-order valence-electron chi connectivity index (χ3n) is 7.75. The average Bonchev–Trinajstić information content (AvgIpc) is 3.32. The van der Waals surface area contributed by atoms with Gasteiger partial charge in [0.1, 0.15) is 11.9 Å². The molecule has 1 amide bonds. The number of rotatable bonds is 7. The van der Waals surface area contributed by atoms with Gasteiger partial charge in [0.2, 0.25) is 5.91 Å². The predicted octanol–water partition coefficient (Wildman–Crippen LogP) is 4.00. The molecule has 198 valence electrons. The molecule has 0 aliphatic carbocycles. The second-order valence-electron chi connectivity index (χ2n) is 10.3. The van der Waals surface area contributed by atoms with Crippen LogP contribution in [0.25, 0.3) is 0 Å². The van der Waals surface area contributed by atoms with Gasteiger partial charge >= 0.3 is 12.1 Å². The molecule has 2 N–H and O–H groups in total. The number of benzene rings is 1. The smallest absolute Gasteiger partial charge is 0.416 e. The van der Waals surface area contributed by atoms with E-state index < -0.39 is 23.8 Å². The molecule has 1 aromatic carbocycles. The van der Waals surface area contributed by atoms with Crippen molar-refractivity contribution in [2.24, 2.45) is 11.8 Å². The number of aromatic nitrogens is 1. The molecule has 3 aliphatic rings. The van der Waals surface area contributed by atoms with Gasteiger partial charge in [-0.15, -0.1) is 0 Å². The second-order valence-corrected chi connectivity index (χ2v) is 10.3. The minimum Gasteiger partial charge on any atom is -0.480 e. The molecule has 7 nitrogen and oxygen atoms in total. The summed E-state index contributed by atoms with van der Waals surface area (Å²) in [5.41, 5.74) is 1.79. The molecule has 0 saturated carbocycles. The zero-order valence-corrected chi connectivity index (χ0v) is 20.5. The number of carbonyl (C=O) groups excluding carboxylic acids is 1. The number of likely N-dealkylation sites (tertiary alicyclic amines) is 2. The lowest BCUT2D eigenvalue weighted by atomic mass is 9.91. The van der Waals surface area contributed by atoms with Crippen LogP contribution >= 0.6 is 0 Å². The minimum atomic E-state index is -4.48. The van der Waals surface area contributed by atoms with Gasteiger partial charge in [0.05, 0.1) is 11.5 Å². The van der Waals surface area contributed by atoms with Gasteiger partial charge in [-0.05, 0) is 67.3 Å². The van der Waals surface area contributed by atoms with E-state index >= 15 is 0 Å². The number of carboxylic acid groups (broad SMARTS) is 1. The van der Waals surface area contributed by atoms with E-state index in [0.29, 0.717) is 32.0 Å². The number of aliphatic carboxylic acids is 1. The van der Waals surface area contributed by atoms with Crippen LogP contribution in [0, 0.1) is 11.8 Å². The van der Waals surface area contributed by atoms with E-state index in [2.05, 4.69) is 17.4 Å². The van der Waals surface area contributed by atoms with Gasteiger partial charge in [-0.3, -0.25) is 14.5 Å². The highest BCUT2D eigenvalue weighted by atomic mass is 19.4. The minimum absolute atomic E-state index is 0.0337. The molecule has 2 atom stereocenters. The van der Waals surface area contributed by atoms with Crippen LogP contribution in [0.15, 0.2) is 36.4 Å². The molecule has 2 saturated heterocycles. The van der Waals surface area contributed by atoms with Crippen LogP contribution in [-0.2, 0) is 28.6 Å². The van der Waals surface area contributed by atoms with Crippen LogP contribution in [0.4, 0.5) is 19.0 Å². The Kier molecular flexibility index (Phi) is 7.11. The maximum Gasteiger partial charge on any atom is 0.416 e. The maximum atomic E-state index is 13.0. The average molecular weight is 517 g/mol. The summed E-state index contributed by atoms with van der Waals surface area (Å²) in [6.07, 6.45) is 0.0754. The molecule has 0 bridgehead atoms. The van der Waals surface area contributed by atoms with Crippen LogP contribution in [0.2, 0.25) is 0 Å². The summed E-state index contributed by atoms with van der Waals surface area (Å²) in [7, 11) is 0. The first-order valence-corrected chi connectivity index (χ1v) is 12.8. The summed E-state index contributed by atoms with van der Waals surface area (Å²) in [4.78, 5) is 33.3. The number of pyridine rings is 1. The molecule has 0 radical (unpaired) electrons. The molecule has 5 rings (SSSR count). The van der Waals surface area contributed by atoms with Crippen LogP contribution in [0.1, 0.15) is 47.7 Å². The number of alkyl halides is 3. The van der Waals surface area contributed by atoms with Crippen molar-refractivity contribution in [1.29, 1.82) is 0 Å². The molecular weight excluding hydrogens is 485 g/mol. The SMILES string of the molecule is O=C(O)C(c1ccc(C(F)(F)F)cc1)N1CC[C@@H](C(=O)N2CC(CCc3ccc4c(n3)NCCC4)C2)C1. The summed E-state index contributed by atoms with van der Waals surface area (Å²) < 4.78 is 38.7. The number of hydrogen-bond donors (Lipinski definition) is 2. The van der Waals surface area contributed by atoms with Gasteiger partial charge in [-0.2, -0.15) is 13.2 Å². The van der Waals surface area contributed by atoms with Crippen LogP contribution in [0.5, 0.6) is 0 Å². The van der Waals surface area contributed by atoms with Crippen molar-refractivity contribution in [3.63, 3.8) is 0 Å². The van der Waals surface area contributed by atoms with E-state index in [1.165, 1.54) is 17.7 Å². The van der Waals surface area contributed by atoms with Crippen molar-refractivity contribution >= 4 is 17.7 Å². The Balaban J connectivity index is 1.11. The maximum absolute atomic E-state index is 13.0. The van der Waals surface area contributed by atoms with Crippen molar-refractivity contribution in [2.75, 3.05) is 38.0 Å². The molecule has 1 aromatic heterocycles. The van der Waals surface area contributed by atoms with Gasteiger partial charge in [0.15, 0.2) is 0 Å². The van der Waals surface area contributed by atoms with E-state index in [1.807, 2.05) is 4.90 Å². The number of nitrogens with one attached hydrogen (secondary N) is 1. The number of hydrogen-bond acceptors (Lipinski definition) is 5. The lowest BCUT2D eigenvalue weighted by Gasteiger charge is -2.41. The molecule has 1 unspecified atom stereocenters. The number of nitrogens with zero attached hydrogens (tertiary/aromatic N) is 3. The molecule has 37 heavy (non-hydrogen) atoms. The van der Waals surface area contributed by atoms with E-state index in [4.69, 9.17) is 4.98 Å². The lowest BCUT2D eigenvalue weighted by molar-refractivity contribution is -0.145. The number of anilines is 1. The van der Waals surface area contributed by atoms with Crippen molar-refractivity contribution in [2.45, 2.75) is 44.3 Å².